The Hall–Kier alpha value is -2.86. The van der Waals surface area contributed by atoms with Crippen molar-refractivity contribution in [2.45, 2.75) is 11.3 Å². The Bertz CT molecular complexity index is 911. The van der Waals surface area contributed by atoms with E-state index in [4.69, 9.17) is 0 Å². The molecule has 1 aliphatic rings. The van der Waals surface area contributed by atoms with Gasteiger partial charge >= 0.3 is 0 Å². The van der Waals surface area contributed by atoms with Gasteiger partial charge in [0.2, 0.25) is 5.91 Å². The number of nitrogens with zero attached hydrogens (tertiary/aromatic N) is 4. The lowest BCUT2D eigenvalue weighted by Crippen LogP contribution is -2.49. The zero-order valence-corrected chi connectivity index (χ0v) is 17.1. The third kappa shape index (κ3) is 5.15. The zero-order chi connectivity index (χ0) is 19.9. The first-order chi connectivity index (χ1) is 14.3. The van der Waals surface area contributed by atoms with Gasteiger partial charge in [0, 0.05) is 48.8 Å². The molecule has 0 bridgehead atoms. The van der Waals surface area contributed by atoms with Gasteiger partial charge in [-0.25, -0.2) is 0 Å². The monoisotopic (exact) mass is 404 g/mol. The van der Waals surface area contributed by atoms with Crippen LogP contribution in [0.1, 0.15) is 6.42 Å². The fourth-order valence-electron chi connectivity index (χ4n) is 3.37. The summed E-state index contributed by atoms with van der Waals surface area (Å²) in [7, 11) is 0. The lowest BCUT2D eigenvalue weighted by Gasteiger charge is -2.35. The molecule has 0 radical (unpaired) electrons. The maximum absolute atomic E-state index is 12.5. The molecule has 1 amide bonds. The van der Waals surface area contributed by atoms with Crippen molar-refractivity contribution < 1.29 is 4.79 Å². The van der Waals surface area contributed by atoms with Gasteiger partial charge in [-0.15, -0.1) is 22.0 Å². The number of carbonyl (C=O) groups is 1. The predicted octanol–water partition coefficient (Wildman–Crippen LogP) is 3.97. The van der Waals surface area contributed by atoms with Crippen LogP contribution in [0, 0.1) is 0 Å². The molecule has 1 fully saturated rings. The number of piperazine rings is 1. The molecule has 1 saturated heterocycles. The first kappa shape index (κ1) is 19.5. The average Bonchev–Trinajstić information content (AvgIpc) is 2.80. The number of hydrogen-bond donors (Lipinski definition) is 0. The number of carbonyl (C=O) groups excluding carboxylic acids is 1. The first-order valence-corrected chi connectivity index (χ1v) is 10.9. The van der Waals surface area contributed by atoms with Crippen LogP contribution in [0.3, 0.4) is 0 Å². The third-order valence-corrected chi connectivity index (χ3v) is 6.02. The molecule has 2 aromatic carbocycles. The quantitative estimate of drug-likeness (QED) is 0.582. The van der Waals surface area contributed by atoms with Crippen molar-refractivity contribution in [2.24, 2.45) is 0 Å². The van der Waals surface area contributed by atoms with Gasteiger partial charge in [-0.05, 0) is 24.3 Å². The highest BCUT2D eigenvalue weighted by molar-refractivity contribution is 7.99. The van der Waals surface area contributed by atoms with Gasteiger partial charge in [-0.2, -0.15) is 0 Å². The van der Waals surface area contributed by atoms with Gasteiger partial charge in [-0.1, -0.05) is 48.5 Å². The average molecular weight is 405 g/mol. The highest BCUT2D eigenvalue weighted by Gasteiger charge is 2.21. The Morgan fingerprint density at radius 1 is 0.828 bits per heavy atom. The Balaban J connectivity index is 1.25. The smallest absolute Gasteiger partial charge is 0.223 e. The van der Waals surface area contributed by atoms with Crippen LogP contribution in [0.4, 0.5) is 5.82 Å². The summed E-state index contributed by atoms with van der Waals surface area (Å²) in [5.74, 6) is 1.92. The van der Waals surface area contributed by atoms with Gasteiger partial charge in [-0.3, -0.25) is 4.79 Å². The molecule has 3 aromatic rings. The predicted molar refractivity (Wildman–Crippen MR) is 118 cm³/mol. The summed E-state index contributed by atoms with van der Waals surface area (Å²) in [4.78, 5) is 17.9. The standard InChI is InChI=1S/C23H24N4OS/c28-23(13-18-29-20-9-5-2-6-10-20)27-16-14-26(15-17-27)22-12-11-21(24-25-22)19-7-3-1-4-8-19/h1-12H,13-18H2. The highest BCUT2D eigenvalue weighted by atomic mass is 32.2. The van der Waals surface area contributed by atoms with Crippen LogP contribution in [-0.2, 0) is 4.79 Å². The molecule has 29 heavy (non-hydrogen) atoms. The van der Waals surface area contributed by atoms with Crippen molar-refractivity contribution in [3.05, 3.63) is 72.8 Å². The molecule has 6 heteroatoms. The minimum absolute atomic E-state index is 0.235. The topological polar surface area (TPSA) is 49.3 Å². The van der Waals surface area contributed by atoms with E-state index in [0.29, 0.717) is 6.42 Å². The van der Waals surface area contributed by atoms with Gasteiger partial charge in [0.05, 0.1) is 5.69 Å². The molecule has 0 N–H and O–H groups in total. The minimum atomic E-state index is 0.235. The number of hydrogen-bond acceptors (Lipinski definition) is 5. The second kappa shape index (κ2) is 9.56. The second-order valence-electron chi connectivity index (χ2n) is 6.92. The summed E-state index contributed by atoms with van der Waals surface area (Å²) < 4.78 is 0. The summed E-state index contributed by atoms with van der Waals surface area (Å²) >= 11 is 1.73. The molecule has 2 heterocycles. The van der Waals surface area contributed by atoms with Gasteiger partial charge in [0.1, 0.15) is 0 Å². The lowest BCUT2D eigenvalue weighted by atomic mass is 10.1. The Labute approximate surface area is 175 Å². The fraction of sp³-hybridized carbons (Fsp3) is 0.261. The molecule has 1 aromatic heterocycles. The maximum atomic E-state index is 12.5. The molecule has 0 spiro atoms. The van der Waals surface area contributed by atoms with E-state index in [1.807, 2.05) is 65.6 Å². The maximum Gasteiger partial charge on any atom is 0.223 e. The van der Waals surface area contributed by atoms with Crippen molar-refractivity contribution in [3.63, 3.8) is 0 Å². The van der Waals surface area contributed by atoms with Gasteiger partial charge in [0.25, 0.3) is 0 Å². The Morgan fingerprint density at radius 3 is 2.17 bits per heavy atom. The number of anilines is 1. The van der Waals surface area contributed by atoms with E-state index in [1.165, 1.54) is 4.90 Å². The summed E-state index contributed by atoms with van der Waals surface area (Å²) in [6, 6.07) is 24.3. The SMILES string of the molecule is O=C(CCSc1ccccc1)N1CCN(c2ccc(-c3ccccc3)nn2)CC1. The second-order valence-corrected chi connectivity index (χ2v) is 8.09. The van der Waals surface area contributed by atoms with Crippen LogP contribution in [0.25, 0.3) is 11.3 Å². The fourth-order valence-corrected chi connectivity index (χ4v) is 4.23. The van der Waals surface area contributed by atoms with Crippen LogP contribution < -0.4 is 4.90 Å². The van der Waals surface area contributed by atoms with Crippen molar-refractivity contribution in [1.82, 2.24) is 15.1 Å². The summed E-state index contributed by atoms with van der Waals surface area (Å²) in [6.45, 7) is 3.04. The van der Waals surface area contributed by atoms with E-state index in [9.17, 15) is 4.79 Å². The molecule has 5 nitrogen and oxygen atoms in total. The lowest BCUT2D eigenvalue weighted by molar-refractivity contribution is -0.131. The highest BCUT2D eigenvalue weighted by Crippen LogP contribution is 2.20. The molecular formula is C23H24N4OS. The number of thioether (sulfide) groups is 1. The molecule has 0 unspecified atom stereocenters. The van der Waals surface area contributed by atoms with E-state index < -0.39 is 0 Å². The molecule has 0 atom stereocenters. The Morgan fingerprint density at radius 2 is 1.52 bits per heavy atom. The van der Waals surface area contributed by atoms with E-state index in [0.717, 1.165) is 49.0 Å². The molecule has 4 rings (SSSR count). The number of aromatic nitrogens is 2. The van der Waals surface area contributed by atoms with Crippen LogP contribution in [0.5, 0.6) is 0 Å². The molecule has 0 aliphatic carbocycles. The third-order valence-electron chi connectivity index (χ3n) is 5.00. The largest absolute Gasteiger partial charge is 0.352 e. The van der Waals surface area contributed by atoms with E-state index in [1.54, 1.807) is 11.8 Å². The van der Waals surface area contributed by atoms with E-state index >= 15 is 0 Å². The molecule has 148 valence electrons. The zero-order valence-electron chi connectivity index (χ0n) is 16.3. The summed E-state index contributed by atoms with van der Waals surface area (Å²) in [5.41, 5.74) is 1.94. The first-order valence-electron chi connectivity index (χ1n) is 9.89. The number of amides is 1. The van der Waals surface area contributed by atoms with Crippen LogP contribution >= 0.6 is 11.8 Å². The van der Waals surface area contributed by atoms with Crippen LogP contribution in [0.2, 0.25) is 0 Å². The molecular weight excluding hydrogens is 380 g/mol. The van der Waals surface area contributed by atoms with Crippen LogP contribution in [-0.4, -0.2) is 52.9 Å². The van der Waals surface area contributed by atoms with Crippen molar-refractivity contribution in [1.29, 1.82) is 0 Å². The van der Waals surface area contributed by atoms with E-state index in [-0.39, 0.29) is 5.91 Å². The van der Waals surface area contributed by atoms with Crippen molar-refractivity contribution in [2.75, 3.05) is 36.8 Å². The molecule has 1 aliphatic heterocycles. The Kier molecular flexibility index (Phi) is 6.42. The summed E-state index contributed by atoms with van der Waals surface area (Å²) in [6.07, 6.45) is 0.575. The van der Waals surface area contributed by atoms with Crippen molar-refractivity contribution >= 4 is 23.5 Å². The van der Waals surface area contributed by atoms with Gasteiger partial charge < -0.3 is 9.80 Å². The van der Waals surface area contributed by atoms with E-state index in [2.05, 4.69) is 27.2 Å². The number of benzene rings is 2. The normalized spacial score (nSPS) is 14.1. The van der Waals surface area contributed by atoms with Crippen LogP contribution in [0.15, 0.2) is 77.7 Å². The van der Waals surface area contributed by atoms with Crippen molar-refractivity contribution in [3.8, 4) is 11.3 Å². The number of rotatable bonds is 6. The summed E-state index contributed by atoms with van der Waals surface area (Å²) in [5, 5.41) is 8.77. The van der Waals surface area contributed by atoms with Gasteiger partial charge in [0.15, 0.2) is 5.82 Å². The minimum Gasteiger partial charge on any atom is -0.352 e. The molecule has 0 saturated carbocycles.